The van der Waals surface area contributed by atoms with Gasteiger partial charge in [0, 0.05) is 19.1 Å². The number of nitrogens with zero attached hydrogens (tertiary/aromatic N) is 4. The van der Waals surface area contributed by atoms with Crippen LogP contribution < -0.4 is 15.0 Å². The summed E-state index contributed by atoms with van der Waals surface area (Å²) >= 11 is 0. The molecule has 1 aliphatic rings. The minimum Gasteiger partial charge on any atom is -0.464 e. The first kappa shape index (κ1) is 15.8. The maximum atomic E-state index is 5.50. The minimum absolute atomic E-state index is 0.414. The monoisotopic (exact) mass is 293 g/mol. The van der Waals surface area contributed by atoms with Crippen LogP contribution in [-0.2, 0) is 0 Å². The molecule has 1 aromatic heterocycles. The summed E-state index contributed by atoms with van der Waals surface area (Å²) in [6.45, 7) is 8.57. The first-order chi connectivity index (χ1) is 10.3. The van der Waals surface area contributed by atoms with Gasteiger partial charge in [-0.15, -0.1) is 0 Å². The van der Waals surface area contributed by atoms with Crippen molar-refractivity contribution in [1.82, 2.24) is 15.0 Å². The van der Waals surface area contributed by atoms with Gasteiger partial charge in [0.1, 0.15) is 0 Å². The van der Waals surface area contributed by atoms with Crippen molar-refractivity contribution in [3.05, 3.63) is 0 Å². The Labute approximate surface area is 127 Å². The lowest BCUT2D eigenvalue weighted by Crippen LogP contribution is -2.36. The summed E-state index contributed by atoms with van der Waals surface area (Å²) in [4.78, 5) is 15.7. The summed E-state index contributed by atoms with van der Waals surface area (Å²) in [6, 6.07) is 0.927. The molecule has 1 atom stereocenters. The van der Waals surface area contributed by atoms with E-state index in [9.17, 15) is 0 Å². The summed E-state index contributed by atoms with van der Waals surface area (Å²) < 4.78 is 5.50. The molecule has 1 unspecified atom stereocenters. The number of anilines is 2. The molecule has 0 saturated carbocycles. The maximum absolute atomic E-state index is 5.50. The molecule has 0 aromatic carbocycles. The lowest BCUT2D eigenvalue weighted by Gasteiger charge is -2.29. The van der Waals surface area contributed by atoms with Crippen LogP contribution in [0.2, 0.25) is 0 Å². The van der Waals surface area contributed by atoms with Crippen LogP contribution in [0.4, 0.5) is 11.9 Å². The molecule has 1 N–H and O–H groups in total. The predicted molar refractivity (Wildman–Crippen MR) is 85.1 cm³/mol. The molecule has 0 bridgehead atoms. The fraction of sp³-hybridized carbons (Fsp3) is 0.800. The Hall–Kier alpha value is -1.59. The Balaban J connectivity index is 2.29. The molecule has 1 fully saturated rings. The Kier molecular flexibility index (Phi) is 6.02. The van der Waals surface area contributed by atoms with Gasteiger partial charge in [0.2, 0.25) is 11.9 Å². The van der Waals surface area contributed by atoms with Crippen LogP contribution >= 0.6 is 0 Å². The van der Waals surface area contributed by atoms with Crippen LogP contribution in [0.15, 0.2) is 0 Å². The third-order valence-electron chi connectivity index (χ3n) is 3.82. The largest absolute Gasteiger partial charge is 0.464 e. The van der Waals surface area contributed by atoms with Crippen LogP contribution in [0.1, 0.15) is 52.9 Å². The zero-order valence-corrected chi connectivity index (χ0v) is 13.4. The van der Waals surface area contributed by atoms with E-state index < -0.39 is 0 Å². The second-order valence-electron chi connectivity index (χ2n) is 5.31. The zero-order chi connectivity index (χ0) is 15.1. The average molecular weight is 293 g/mol. The molecule has 6 nitrogen and oxygen atoms in total. The van der Waals surface area contributed by atoms with E-state index in [4.69, 9.17) is 4.74 Å². The highest BCUT2D eigenvalue weighted by Crippen LogP contribution is 2.25. The van der Waals surface area contributed by atoms with Gasteiger partial charge in [-0.25, -0.2) is 0 Å². The molecule has 0 spiro atoms. The van der Waals surface area contributed by atoms with Crippen molar-refractivity contribution in [2.75, 3.05) is 29.9 Å². The summed E-state index contributed by atoms with van der Waals surface area (Å²) in [5, 5.41) is 3.17. The third-order valence-corrected chi connectivity index (χ3v) is 3.82. The SMILES string of the molecule is CCNc1nc(OCC)nc(N2CCCCCC2CC)n1. The van der Waals surface area contributed by atoms with E-state index in [-0.39, 0.29) is 0 Å². The molecule has 1 saturated heterocycles. The maximum Gasteiger partial charge on any atom is 0.323 e. The minimum atomic E-state index is 0.414. The molecular weight excluding hydrogens is 266 g/mol. The van der Waals surface area contributed by atoms with Crippen molar-refractivity contribution in [2.24, 2.45) is 0 Å². The lowest BCUT2D eigenvalue weighted by molar-refractivity contribution is 0.311. The Morgan fingerprint density at radius 1 is 1.14 bits per heavy atom. The zero-order valence-electron chi connectivity index (χ0n) is 13.4. The molecular formula is C15H27N5O. The number of hydrogen-bond acceptors (Lipinski definition) is 6. The van der Waals surface area contributed by atoms with E-state index in [1.807, 2.05) is 13.8 Å². The first-order valence-corrected chi connectivity index (χ1v) is 8.17. The second-order valence-corrected chi connectivity index (χ2v) is 5.31. The van der Waals surface area contributed by atoms with E-state index in [1.54, 1.807) is 0 Å². The second kappa shape index (κ2) is 8.00. The van der Waals surface area contributed by atoms with Crippen molar-refractivity contribution in [2.45, 2.75) is 58.9 Å². The van der Waals surface area contributed by atoms with E-state index >= 15 is 0 Å². The van der Waals surface area contributed by atoms with E-state index in [0.29, 0.717) is 24.6 Å². The summed E-state index contributed by atoms with van der Waals surface area (Å²) in [7, 11) is 0. The van der Waals surface area contributed by atoms with Gasteiger partial charge in [-0.2, -0.15) is 15.0 Å². The van der Waals surface area contributed by atoms with Crippen molar-refractivity contribution in [3.63, 3.8) is 0 Å². The number of aromatic nitrogens is 3. The van der Waals surface area contributed by atoms with Crippen molar-refractivity contribution in [3.8, 4) is 6.01 Å². The smallest absolute Gasteiger partial charge is 0.323 e. The molecule has 1 aromatic rings. The van der Waals surface area contributed by atoms with Crippen LogP contribution in [0.3, 0.4) is 0 Å². The van der Waals surface area contributed by atoms with E-state index in [1.165, 1.54) is 25.7 Å². The van der Waals surface area contributed by atoms with E-state index in [2.05, 4.69) is 32.1 Å². The van der Waals surface area contributed by atoms with Gasteiger partial charge in [0.15, 0.2) is 0 Å². The molecule has 2 heterocycles. The summed E-state index contributed by atoms with van der Waals surface area (Å²) in [5.74, 6) is 1.35. The fourth-order valence-corrected chi connectivity index (χ4v) is 2.77. The van der Waals surface area contributed by atoms with Crippen molar-refractivity contribution >= 4 is 11.9 Å². The van der Waals surface area contributed by atoms with Gasteiger partial charge in [0.25, 0.3) is 0 Å². The third kappa shape index (κ3) is 4.19. The number of hydrogen-bond donors (Lipinski definition) is 1. The molecule has 0 amide bonds. The van der Waals surface area contributed by atoms with Gasteiger partial charge in [0.05, 0.1) is 6.61 Å². The normalized spacial score (nSPS) is 19.2. The van der Waals surface area contributed by atoms with Gasteiger partial charge in [-0.1, -0.05) is 19.8 Å². The van der Waals surface area contributed by atoms with Crippen molar-refractivity contribution < 1.29 is 4.74 Å². The quantitative estimate of drug-likeness (QED) is 0.870. The molecule has 118 valence electrons. The molecule has 2 rings (SSSR count). The molecule has 0 radical (unpaired) electrons. The van der Waals surface area contributed by atoms with Crippen LogP contribution in [-0.4, -0.2) is 40.7 Å². The highest BCUT2D eigenvalue weighted by atomic mass is 16.5. The van der Waals surface area contributed by atoms with Crippen molar-refractivity contribution in [1.29, 1.82) is 0 Å². The van der Waals surface area contributed by atoms with Crippen LogP contribution in [0.5, 0.6) is 6.01 Å². The number of ether oxygens (including phenoxy) is 1. The highest BCUT2D eigenvalue weighted by Gasteiger charge is 2.23. The van der Waals surface area contributed by atoms with Crippen LogP contribution in [0.25, 0.3) is 0 Å². The predicted octanol–water partition coefficient (Wildman–Crippen LogP) is 2.86. The molecule has 0 aliphatic carbocycles. The Morgan fingerprint density at radius 3 is 2.71 bits per heavy atom. The average Bonchev–Trinajstić information content (AvgIpc) is 2.73. The van der Waals surface area contributed by atoms with Gasteiger partial charge >= 0.3 is 6.01 Å². The summed E-state index contributed by atoms with van der Waals surface area (Å²) in [5.41, 5.74) is 0. The van der Waals surface area contributed by atoms with Gasteiger partial charge in [-0.05, 0) is 33.1 Å². The number of nitrogens with one attached hydrogen (secondary N) is 1. The number of rotatable bonds is 6. The lowest BCUT2D eigenvalue weighted by atomic mass is 10.1. The fourth-order valence-electron chi connectivity index (χ4n) is 2.77. The van der Waals surface area contributed by atoms with E-state index in [0.717, 1.165) is 25.5 Å². The topological polar surface area (TPSA) is 63.2 Å². The first-order valence-electron chi connectivity index (χ1n) is 8.17. The molecule has 21 heavy (non-hydrogen) atoms. The molecule has 1 aliphatic heterocycles. The van der Waals surface area contributed by atoms with Gasteiger partial charge < -0.3 is 15.0 Å². The standard InChI is InChI=1S/C15H27N5O/c1-4-12-10-8-7-9-11-20(12)14-17-13(16-5-2)18-15(19-14)21-6-3/h12H,4-11H2,1-3H3,(H,16,17,18,19). The highest BCUT2D eigenvalue weighted by molar-refractivity contribution is 5.39. The summed E-state index contributed by atoms with van der Waals surface area (Å²) in [6.07, 6.45) is 6.10. The van der Waals surface area contributed by atoms with Crippen LogP contribution in [0, 0.1) is 0 Å². The molecule has 6 heteroatoms. The Bertz CT molecular complexity index is 416. The Morgan fingerprint density at radius 2 is 2.00 bits per heavy atom. The van der Waals surface area contributed by atoms with Gasteiger partial charge in [-0.3, -0.25) is 0 Å².